The minimum absolute atomic E-state index is 0.262. The molecule has 0 unspecified atom stereocenters. The van der Waals surface area contributed by atoms with Gasteiger partial charge in [-0.1, -0.05) is 36.4 Å². The second kappa shape index (κ2) is 10.5. The van der Waals surface area contributed by atoms with Gasteiger partial charge >= 0.3 is 11.9 Å². The summed E-state index contributed by atoms with van der Waals surface area (Å²) in [5.74, 6) is -1.42. The Morgan fingerprint density at radius 2 is 0.964 bits per heavy atom. The predicted molar refractivity (Wildman–Crippen MR) is 97.5 cm³/mol. The molecule has 28 heavy (non-hydrogen) atoms. The Balaban J connectivity index is 1.79. The molecule has 2 rings (SSSR count). The highest BCUT2D eigenvalue weighted by Crippen LogP contribution is 2.09. The van der Waals surface area contributed by atoms with Crippen molar-refractivity contribution in [2.75, 3.05) is 13.2 Å². The largest absolute Gasteiger partial charge is 0.459 e. The van der Waals surface area contributed by atoms with Crippen molar-refractivity contribution < 1.29 is 39.5 Å². The third-order valence-corrected chi connectivity index (χ3v) is 3.93. The van der Waals surface area contributed by atoms with Gasteiger partial charge in [0.25, 0.3) is 0 Å². The summed E-state index contributed by atoms with van der Waals surface area (Å²) < 4.78 is 9.74. The topological polar surface area (TPSA) is 134 Å². The zero-order valence-corrected chi connectivity index (χ0v) is 14.9. The molecule has 0 radical (unpaired) electrons. The molecule has 8 nitrogen and oxygen atoms in total. The Morgan fingerprint density at radius 3 is 1.29 bits per heavy atom. The number of hydrogen-bond donors (Lipinski definition) is 4. The fraction of sp³-hybridized carbons (Fsp3) is 0.300. The van der Waals surface area contributed by atoms with E-state index in [0.29, 0.717) is 0 Å². The van der Waals surface area contributed by atoms with Crippen molar-refractivity contribution in [1.29, 1.82) is 0 Å². The Morgan fingerprint density at radius 1 is 0.643 bits per heavy atom. The molecule has 0 aromatic heterocycles. The molecule has 0 fully saturated rings. The van der Waals surface area contributed by atoms with Crippen LogP contribution in [-0.2, 0) is 9.47 Å². The van der Waals surface area contributed by atoms with Gasteiger partial charge < -0.3 is 29.9 Å². The number of aliphatic hydroxyl groups is 4. The summed E-state index contributed by atoms with van der Waals surface area (Å²) >= 11 is 0. The maximum atomic E-state index is 11.8. The van der Waals surface area contributed by atoms with E-state index in [2.05, 4.69) is 0 Å². The number of aliphatic hydroxyl groups excluding tert-OH is 4. The average molecular weight is 390 g/mol. The molecule has 8 heteroatoms. The molecule has 150 valence electrons. The summed E-state index contributed by atoms with van der Waals surface area (Å²) in [5.41, 5.74) is 0.523. The first-order chi connectivity index (χ1) is 13.4. The zero-order valence-electron chi connectivity index (χ0n) is 14.9. The van der Waals surface area contributed by atoms with E-state index in [0.717, 1.165) is 0 Å². The van der Waals surface area contributed by atoms with Gasteiger partial charge in [-0.05, 0) is 24.3 Å². The van der Waals surface area contributed by atoms with Crippen molar-refractivity contribution in [3.8, 4) is 0 Å². The molecule has 0 spiro atoms. The predicted octanol–water partition coefficient (Wildman–Crippen LogP) is 0.144. The molecule has 0 heterocycles. The first-order valence-electron chi connectivity index (χ1n) is 8.56. The van der Waals surface area contributed by atoms with Crippen LogP contribution in [-0.4, -0.2) is 70.0 Å². The molecule has 0 amide bonds. The lowest BCUT2D eigenvalue weighted by Gasteiger charge is -2.26. The third-order valence-electron chi connectivity index (χ3n) is 3.93. The second-order valence-corrected chi connectivity index (χ2v) is 6.04. The summed E-state index contributed by atoms with van der Waals surface area (Å²) in [6.07, 6.45) is -6.95. The van der Waals surface area contributed by atoms with Crippen LogP contribution in [0, 0.1) is 0 Å². The van der Waals surface area contributed by atoms with Crippen LogP contribution in [0.1, 0.15) is 20.7 Å². The van der Waals surface area contributed by atoms with Crippen LogP contribution in [0.4, 0.5) is 0 Å². The maximum absolute atomic E-state index is 11.8. The Kier molecular flexibility index (Phi) is 8.09. The van der Waals surface area contributed by atoms with Crippen molar-refractivity contribution in [1.82, 2.24) is 0 Å². The van der Waals surface area contributed by atoms with Crippen LogP contribution >= 0.6 is 0 Å². The highest BCUT2D eigenvalue weighted by molar-refractivity contribution is 5.89. The molecule has 4 atom stereocenters. The number of rotatable bonds is 9. The van der Waals surface area contributed by atoms with E-state index in [4.69, 9.17) is 9.47 Å². The van der Waals surface area contributed by atoms with Crippen molar-refractivity contribution in [3.05, 3.63) is 71.8 Å². The van der Waals surface area contributed by atoms with Crippen LogP contribution in [0.5, 0.6) is 0 Å². The fourth-order valence-electron chi connectivity index (χ4n) is 2.29. The summed E-state index contributed by atoms with van der Waals surface area (Å²) in [5, 5.41) is 39.6. The van der Waals surface area contributed by atoms with E-state index in [1.807, 2.05) is 0 Å². The van der Waals surface area contributed by atoms with Gasteiger partial charge in [0.2, 0.25) is 0 Å². The highest BCUT2D eigenvalue weighted by atomic mass is 16.5. The van der Waals surface area contributed by atoms with Crippen molar-refractivity contribution in [3.63, 3.8) is 0 Å². The van der Waals surface area contributed by atoms with Gasteiger partial charge in [-0.15, -0.1) is 0 Å². The van der Waals surface area contributed by atoms with Gasteiger partial charge in [-0.25, -0.2) is 9.59 Å². The summed E-state index contributed by atoms with van der Waals surface area (Å²) in [7, 11) is 0. The standard InChI is InChI=1S/C20H22O8/c21-15(11-27-19(25)13-7-3-1-4-8-13)17(23)18(24)16(22)12-28-20(26)14-9-5-2-6-10-14/h1-10,15-18,21-24H,11-12H2/t15-,16+,17+,18-. The molecule has 0 aliphatic rings. The van der Waals surface area contributed by atoms with Crippen molar-refractivity contribution >= 4 is 11.9 Å². The van der Waals surface area contributed by atoms with Crippen LogP contribution in [0.3, 0.4) is 0 Å². The minimum atomic E-state index is -1.82. The van der Waals surface area contributed by atoms with Crippen LogP contribution in [0.15, 0.2) is 60.7 Å². The number of hydrogen-bond acceptors (Lipinski definition) is 8. The second-order valence-electron chi connectivity index (χ2n) is 6.04. The molecular formula is C20H22O8. The summed E-state index contributed by atoms with van der Waals surface area (Å²) in [6, 6.07) is 16.1. The molecule has 0 saturated heterocycles. The Hall–Kier alpha value is -2.78. The fourth-order valence-corrected chi connectivity index (χ4v) is 2.29. The van der Waals surface area contributed by atoms with Crippen molar-refractivity contribution in [2.45, 2.75) is 24.4 Å². The molecule has 0 aliphatic carbocycles. The van der Waals surface area contributed by atoms with E-state index in [-0.39, 0.29) is 11.1 Å². The zero-order chi connectivity index (χ0) is 20.5. The minimum Gasteiger partial charge on any atom is -0.459 e. The van der Waals surface area contributed by atoms with Gasteiger partial charge in [-0.2, -0.15) is 0 Å². The van der Waals surface area contributed by atoms with Crippen LogP contribution in [0.25, 0.3) is 0 Å². The molecule has 4 N–H and O–H groups in total. The van der Waals surface area contributed by atoms with E-state index in [1.54, 1.807) is 36.4 Å². The summed E-state index contributed by atoms with van der Waals surface area (Å²) in [4.78, 5) is 23.6. The first-order valence-corrected chi connectivity index (χ1v) is 8.56. The molecule has 0 aliphatic heterocycles. The highest BCUT2D eigenvalue weighted by Gasteiger charge is 2.32. The van der Waals surface area contributed by atoms with Gasteiger partial charge in [0.15, 0.2) is 0 Å². The normalized spacial score (nSPS) is 15.1. The van der Waals surface area contributed by atoms with Crippen LogP contribution in [0.2, 0.25) is 0 Å². The van der Waals surface area contributed by atoms with Gasteiger partial charge in [-0.3, -0.25) is 0 Å². The molecular weight excluding hydrogens is 368 g/mol. The van der Waals surface area contributed by atoms with E-state index >= 15 is 0 Å². The summed E-state index contributed by atoms with van der Waals surface area (Å²) in [6.45, 7) is -1.19. The smallest absolute Gasteiger partial charge is 0.338 e. The van der Waals surface area contributed by atoms with Gasteiger partial charge in [0, 0.05) is 0 Å². The molecule has 2 aromatic rings. The number of carbonyl (C=O) groups is 2. The quantitative estimate of drug-likeness (QED) is 0.445. The van der Waals surface area contributed by atoms with Gasteiger partial charge in [0.1, 0.15) is 37.6 Å². The Labute approximate surface area is 161 Å². The van der Waals surface area contributed by atoms with E-state index in [9.17, 15) is 30.0 Å². The SMILES string of the molecule is O=C(OC[C@@H](O)[C@H](O)[C@H](O)[C@@H](O)COC(=O)c1ccccc1)c1ccccc1. The van der Waals surface area contributed by atoms with Gasteiger partial charge in [0.05, 0.1) is 11.1 Å². The Bertz CT molecular complexity index is 684. The first kappa shape index (κ1) is 21.5. The van der Waals surface area contributed by atoms with Crippen LogP contribution < -0.4 is 0 Å². The molecule has 2 aromatic carbocycles. The third kappa shape index (κ3) is 6.14. The number of esters is 2. The monoisotopic (exact) mass is 390 g/mol. The lowest BCUT2D eigenvalue weighted by atomic mass is 10.0. The van der Waals surface area contributed by atoms with E-state index < -0.39 is 49.6 Å². The number of ether oxygens (including phenoxy) is 2. The molecule has 0 bridgehead atoms. The maximum Gasteiger partial charge on any atom is 0.338 e. The average Bonchev–Trinajstić information content (AvgIpc) is 2.75. The number of carbonyl (C=O) groups excluding carboxylic acids is 2. The lowest BCUT2D eigenvalue weighted by Crippen LogP contribution is -2.48. The van der Waals surface area contributed by atoms with E-state index in [1.165, 1.54) is 24.3 Å². The van der Waals surface area contributed by atoms with Crippen molar-refractivity contribution in [2.24, 2.45) is 0 Å². The molecule has 0 saturated carbocycles. The number of benzene rings is 2. The lowest BCUT2D eigenvalue weighted by molar-refractivity contribution is -0.125.